The summed E-state index contributed by atoms with van der Waals surface area (Å²) in [4.78, 5) is 39.4. The Morgan fingerprint density at radius 3 is 1.94 bits per heavy atom. The van der Waals surface area contributed by atoms with Crippen LogP contribution in [0.25, 0.3) is 0 Å². The van der Waals surface area contributed by atoms with Gasteiger partial charge in [0.05, 0.1) is 16.8 Å². The number of imide groups is 1. The lowest BCUT2D eigenvalue weighted by atomic mass is 10.1. The molecule has 0 spiro atoms. The van der Waals surface area contributed by atoms with Crippen LogP contribution in [-0.4, -0.2) is 17.7 Å². The third kappa shape index (κ3) is 3.97. The zero-order chi connectivity index (χ0) is 22.8. The second kappa shape index (κ2) is 8.43. The topological polar surface area (TPSA) is 75.7 Å². The van der Waals surface area contributed by atoms with Crippen molar-refractivity contribution in [1.29, 1.82) is 0 Å². The molecule has 0 atom stereocenters. The smallest absolute Gasteiger partial charge is 0.266 e. The minimum absolute atomic E-state index is 0.327. The number of rotatable bonds is 5. The highest BCUT2D eigenvalue weighted by atomic mass is 16.5. The molecule has 33 heavy (non-hydrogen) atoms. The van der Waals surface area contributed by atoms with Crippen molar-refractivity contribution in [3.63, 3.8) is 0 Å². The van der Waals surface area contributed by atoms with Gasteiger partial charge in [-0.25, -0.2) is 4.90 Å². The zero-order valence-corrected chi connectivity index (χ0v) is 17.4. The largest absolute Gasteiger partial charge is 0.457 e. The van der Waals surface area contributed by atoms with E-state index in [-0.39, 0.29) is 5.91 Å². The maximum absolute atomic E-state index is 12.8. The van der Waals surface area contributed by atoms with Crippen LogP contribution in [0.5, 0.6) is 11.5 Å². The Morgan fingerprint density at radius 2 is 1.27 bits per heavy atom. The number of anilines is 2. The fourth-order valence-electron chi connectivity index (χ4n) is 3.64. The molecule has 0 saturated carbocycles. The molecule has 0 unspecified atom stereocenters. The van der Waals surface area contributed by atoms with E-state index in [9.17, 15) is 14.4 Å². The van der Waals surface area contributed by atoms with Gasteiger partial charge in [0.2, 0.25) is 0 Å². The van der Waals surface area contributed by atoms with E-state index in [1.165, 1.54) is 6.07 Å². The second-order valence-corrected chi connectivity index (χ2v) is 7.44. The lowest BCUT2D eigenvalue weighted by Crippen LogP contribution is -2.29. The average Bonchev–Trinajstić information content (AvgIpc) is 3.11. The highest BCUT2D eigenvalue weighted by molar-refractivity contribution is 6.34. The molecule has 4 aromatic carbocycles. The summed E-state index contributed by atoms with van der Waals surface area (Å²) < 4.78 is 5.76. The van der Waals surface area contributed by atoms with E-state index in [2.05, 4.69) is 5.32 Å². The summed E-state index contributed by atoms with van der Waals surface area (Å²) in [5.74, 6) is 0.209. The van der Waals surface area contributed by atoms with Crippen LogP contribution in [0.15, 0.2) is 103 Å². The fourth-order valence-corrected chi connectivity index (χ4v) is 3.64. The summed E-state index contributed by atoms with van der Waals surface area (Å²) >= 11 is 0. The number of carbonyl (C=O) groups excluding carboxylic acids is 3. The quantitative estimate of drug-likeness (QED) is 0.419. The molecule has 0 saturated heterocycles. The van der Waals surface area contributed by atoms with Crippen molar-refractivity contribution < 1.29 is 19.1 Å². The monoisotopic (exact) mass is 434 g/mol. The van der Waals surface area contributed by atoms with Crippen molar-refractivity contribution >= 4 is 29.1 Å². The van der Waals surface area contributed by atoms with E-state index in [1.807, 2.05) is 30.3 Å². The van der Waals surface area contributed by atoms with Gasteiger partial charge in [0.25, 0.3) is 17.7 Å². The van der Waals surface area contributed by atoms with Gasteiger partial charge in [-0.3, -0.25) is 14.4 Å². The van der Waals surface area contributed by atoms with Crippen LogP contribution in [0.2, 0.25) is 0 Å². The number of para-hydroxylation sites is 1. The van der Waals surface area contributed by atoms with E-state index >= 15 is 0 Å². The summed E-state index contributed by atoms with van der Waals surface area (Å²) in [5.41, 5.74) is 1.98. The van der Waals surface area contributed by atoms with E-state index in [0.29, 0.717) is 33.8 Å². The second-order valence-electron chi connectivity index (χ2n) is 7.44. The van der Waals surface area contributed by atoms with Crippen LogP contribution in [0.1, 0.15) is 31.1 Å². The molecular formula is C27H18N2O4. The highest BCUT2D eigenvalue weighted by Gasteiger charge is 2.36. The van der Waals surface area contributed by atoms with Crippen molar-refractivity contribution in [2.45, 2.75) is 0 Å². The number of hydrogen-bond donors (Lipinski definition) is 1. The lowest BCUT2D eigenvalue weighted by molar-refractivity contribution is 0.0924. The average molecular weight is 434 g/mol. The molecule has 6 nitrogen and oxygen atoms in total. The summed E-state index contributed by atoms with van der Waals surface area (Å²) in [6.45, 7) is 0. The fraction of sp³-hybridized carbons (Fsp3) is 0. The SMILES string of the molecule is O=C(Nc1ccc(Oc2ccccc2)cc1)c1cccc(N2C(=O)c3ccccc3C2=O)c1. The summed E-state index contributed by atoms with van der Waals surface area (Å²) in [6.07, 6.45) is 0. The molecule has 0 radical (unpaired) electrons. The standard InChI is InChI=1S/C27H18N2O4/c30-25(28-19-13-15-22(16-14-19)33-21-9-2-1-3-10-21)18-7-6-8-20(17-18)29-26(31)23-11-4-5-12-24(23)27(29)32/h1-17H,(H,28,30). The van der Waals surface area contributed by atoms with Gasteiger partial charge in [-0.2, -0.15) is 0 Å². The van der Waals surface area contributed by atoms with Crippen LogP contribution in [0.4, 0.5) is 11.4 Å². The van der Waals surface area contributed by atoms with E-state index in [4.69, 9.17) is 4.74 Å². The van der Waals surface area contributed by atoms with Crippen LogP contribution in [0.3, 0.4) is 0 Å². The van der Waals surface area contributed by atoms with Crippen molar-refractivity contribution in [3.05, 3.63) is 120 Å². The Morgan fingerprint density at radius 1 is 0.667 bits per heavy atom. The lowest BCUT2D eigenvalue weighted by Gasteiger charge is -2.15. The number of nitrogens with one attached hydrogen (secondary N) is 1. The van der Waals surface area contributed by atoms with E-state index in [0.717, 1.165) is 10.6 Å². The van der Waals surface area contributed by atoms with E-state index < -0.39 is 11.8 Å². The number of hydrogen-bond acceptors (Lipinski definition) is 4. The van der Waals surface area contributed by atoms with Gasteiger partial charge < -0.3 is 10.1 Å². The number of nitrogens with zero attached hydrogens (tertiary/aromatic N) is 1. The molecule has 3 amide bonds. The van der Waals surface area contributed by atoms with Gasteiger partial charge in [0.1, 0.15) is 11.5 Å². The third-order valence-electron chi connectivity index (χ3n) is 5.25. The molecule has 4 aromatic rings. The molecule has 1 aliphatic rings. The van der Waals surface area contributed by atoms with Gasteiger partial charge in [0, 0.05) is 11.3 Å². The summed E-state index contributed by atoms with van der Waals surface area (Å²) in [5, 5.41) is 2.82. The molecule has 0 fully saturated rings. The molecule has 1 heterocycles. The Bertz CT molecular complexity index is 1330. The Labute approximate surface area is 190 Å². The summed E-state index contributed by atoms with van der Waals surface area (Å²) in [7, 11) is 0. The summed E-state index contributed by atoms with van der Waals surface area (Å²) in [6, 6.07) is 29.5. The number of benzene rings is 4. The van der Waals surface area contributed by atoms with Crippen LogP contribution >= 0.6 is 0 Å². The van der Waals surface area contributed by atoms with Crippen molar-refractivity contribution in [3.8, 4) is 11.5 Å². The first kappa shape index (κ1) is 20.2. The first-order valence-electron chi connectivity index (χ1n) is 10.3. The van der Waals surface area contributed by atoms with Crippen LogP contribution in [-0.2, 0) is 0 Å². The molecule has 1 aliphatic heterocycles. The first-order valence-corrected chi connectivity index (χ1v) is 10.3. The highest BCUT2D eigenvalue weighted by Crippen LogP contribution is 2.29. The van der Waals surface area contributed by atoms with Crippen molar-refractivity contribution in [1.82, 2.24) is 0 Å². The molecule has 0 aliphatic carbocycles. The minimum atomic E-state index is -0.401. The molecule has 6 heteroatoms. The predicted molar refractivity (Wildman–Crippen MR) is 125 cm³/mol. The van der Waals surface area contributed by atoms with Crippen molar-refractivity contribution in [2.75, 3.05) is 10.2 Å². The van der Waals surface area contributed by atoms with Crippen LogP contribution < -0.4 is 15.0 Å². The number of amides is 3. The number of carbonyl (C=O) groups is 3. The predicted octanol–water partition coefficient (Wildman–Crippen LogP) is 5.53. The molecule has 5 rings (SSSR count). The van der Waals surface area contributed by atoms with Crippen LogP contribution in [0, 0.1) is 0 Å². The molecule has 0 aromatic heterocycles. The van der Waals surface area contributed by atoms with E-state index in [1.54, 1.807) is 66.7 Å². The van der Waals surface area contributed by atoms with Gasteiger partial charge in [-0.05, 0) is 66.7 Å². The maximum Gasteiger partial charge on any atom is 0.266 e. The molecule has 160 valence electrons. The van der Waals surface area contributed by atoms with Gasteiger partial charge in [0.15, 0.2) is 0 Å². The zero-order valence-electron chi connectivity index (χ0n) is 17.4. The number of ether oxygens (including phenoxy) is 1. The van der Waals surface area contributed by atoms with Gasteiger partial charge >= 0.3 is 0 Å². The van der Waals surface area contributed by atoms with Gasteiger partial charge in [-0.15, -0.1) is 0 Å². The third-order valence-corrected chi connectivity index (χ3v) is 5.25. The van der Waals surface area contributed by atoms with Gasteiger partial charge in [-0.1, -0.05) is 36.4 Å². The Balaban J connectivity index is 1.31. The number of fused-ring (bicyclic) bond motifs is 1. The minimum Gasteiger partial charge on any atom is -0.457 e. The molecular weight excluding hydrogens is 416 g/mol. The normalized spacial score (nSPS) is 12.4. The molecule has 0 bridgehead atoms. The Kier molecular flexibility index (Phi) is 5.16. The Hall–Kier alpha value is -4.71. The first-order chi connectivity index (χ1) is 16.1. The maximum atomic E-state index is 12.8. The molecule has 1 N–H and O–H groups in total. The van der Waals surface area contributed by atoms with Crippen molar-refractivity contribution in [2.24, 2.45) is 0 Å².